The highest BCUT2D eigenvalue weighted by Gasteiger charge is 2.02. The van der Waals surface area contributed by atoms with E-state index in [-0.39, 0.29) is 5.91 Å². The lowest BCUT2D eigenvalue weighted by Gasteiger charge is -2.06. The molecule has 0 aliphatic heterocycles. The fraction of sp³-hybridized carbons (Fsp3) is 0.273. The minimum atomic E-state index is -0.219. The van der Waals surface area contributed by atoms with Crippen LogP contribution in [0.5, 0.6) is 11.5 Å². The van der Waals surface area contributed by atoms with Crippen LogP contribution in [-0.4, -0.2) is 26.3 Å². The summed E-state index contributed by atoms with van der Waals surface area (Å²) in [5.74, 6) is 1.12. The Kier molecular flexibility index (Phi) is 4.32. The molecule has 0 unspecified atom stereocenters. The minimum Gasteiger partial charge on any atom is -0.497 e. The van der Waals surface area contributed by atoms with Gasteiger partial charge in [0.2, 0.25) is 5.91 Å². The van der Waals surface area contributed by atoms with E-state index in [1.807, 2.05) is 0 Å². The third-order valence-electron chi connectivity index (χ3n) is 1.87. The number of carbonyl (C=O) groups is 1. The third kappa shape index (κ3) is 3.27. The molecule has 0 fully saturated rings. The van der Waals surface area contributed by atoms with Crippen LogP contribution in [0.3, 0.4) is 0 Å². The SMILES string of the molecule is COc1ccc(/C=N\NC(C)=O)c(OC)c1. The van der Waals surface area contributed by atoms with Crippen molar-refractivity contribution in [2.45, 2.75) is 6.92 Å². The first kappa shape index (κ1) is 12.0. The van der Waals surface area contributed by atoms with Gasteiger partial charge >= 0.3 is 0 Å². The first-order valence-electron chi connectivity index (χ1n) is 4.69. The minimum absolute atomic E-state index is 0.219. The molecule has 0 aromatic heterocycles. The highest BCUT2D eigenvalue weighted by molar-refractivity contribution is 5.85. The van der Waals surface area contributed by atoms with E-state index in [4.69, 9.17) is 9.47 Å². The predicted molar refractivity (Wildman–Crippen MR) is 61.0 cm³/mol. The number of methoxy groups -OCH3 is 2. The van der Waals surface area contributed by atoms with E-state index in [2.05, 4.69) is 10.5 Å². The van der Waals surface area contributed by atoms with Gasteiger partial charge in [-0.15, -0.1) is 0 Å². The van der Waals surface area contributed by atoms with Crippen molar-refractivity contribution in [3.63, 3.8) is 0 Å². The van der Waals surface area contributed by atoms with Gasteiger partial charge in [-0.2, -0.15) is 5.10 Å². The molecule has 1 aromatic carbocycles. The number of nitrogens with one attached hydrogen (secondary N) is 1. The second-order valence-electron chi connectivity index (χ2n) is 3.03. The molecule has 1 N–H and O–H groups in total. The van der Waals surface area contributed by atoms with Gasteiger partial charge in [0.25, 0.3) is 0 Å². The Balaban J connectivity index is 2.87. The topological polar surface area (TPSA) is 59.9 Å². The quantitative estimate of drug-likeness (QED) is 0.614. The molecule has 5 nitrogen and oxygen atoms in total. The fourth-order valence-electron chi connectivity index (χ4n) is 1.12. The maximum atomic E-state index is 10.6. The number of nitrogens with zero attached hydrogens (tertiary/aromatic N) is 1. The van der Waals surface area contributed by atoms with Crippen LogP contribution in [0.2, 0.25) is 0 Å². The molecular formula is C11H14N2O3. The van der Waals surface area contributed by atoms with Gasteiger partial charge in [0.1, 0.15) is 11.5 Å². The van der Waals surface area contributed by atoms with Crippen molar-refractivity contribution in [1.29, 1.82) is 0 Å². The molecule has 0 bridgehead atoms. The van der Waals surface area contributed by atoms with Gasteiger partial charge in [-0.1, -0.05) is 0 Å². The summed E-state index contributed by atoms with van der Waals surface area (Å²) in [6, 6.07) is 5.33. The molecule has 0 aliphatic carbocycles. The van der Waals surface area contributed by atoms with E-state index in [9.17, 15) is 4.79 Å². The van der Waals surface area contributed by atoms with Gasteiger partial charge in [-0.3, -0.25) is 4.79 Å². The molecule has 0 spiro atoms. The van der Waals surface area contributed by atoms with Crippen molar-refractivity contribution in [3.05, 3.63) is 23.8 Å². The molecule has 5 heteroatoms. The largest absolute Gasteiger partial charge is 0.497 e. The number of benzene rings is 1. The lowest BCUT2D eigenvalue weighted by Crippen LogP contribution is -2.12. The van der Waals surface area contributed by atoms with E-state index in [1.165, 1.54) is 13.1 Å². The maximum absolute atomic E-state index is 10.6. The van der Waals surface area contributed by atoms with E-state index >= 15 is 0 Å². The van der Waals surface area contributed by atoms with Gasteiger partial charge in [0, 0.05) is 18.6 Å². The molecule has 1 rings (SSSR count). The van der Waals surface area contributed by atoms with Crippen molar-refractivity contribution in [1.82, 2.24) is 5.43 Å². The van der Waals surface area contributed by atoms with E-state index < -0.39 is 0 Å². The molecule has 0 radical (unpaired) electrons. The maximum Gasteiger partial charge on any atom is 0.236 e. The number of hydrogen-bond donors (Lipinski definition) is 1. The molecule has 0 saturated carbocycles. The Morgan fingerprint density at radius 2 is 2.12 bits per heavy atom. The zero-order chi connectivity index (χ0) is 12.0. The van der Waals surface area contributed by atoms with E-state index in [0.29, 0.717) is 11.5 Å². The van der Waals surface area contributed by atoms with Crippen LogP contribution >= 0.6 is 0 Å². The first-order chi connectivity index (χ1) is 7.67. The number of hydrogen-bond acceptors (Lipinski definition) is 4. The fourth-order valence-corrected chi connectivity index (χ4v) is 1.12. The summed E-state index contributed by atoms with van der Waals surface area (Å²) in [5, 5.41) is 3.76. The Hall–Kier alpha value is -2.04. The lowest BCUT2D eigenvalue weighted by atomic mass is 10.2. The van der Waals surface area contributed by atoms with Gasteiger partial charge in [0.15, 0.2) is 0 Å². The number of amides is 1. The smallest absolute Gasteiger partial charge is 0.236 e. The number of carbonyl (C=O) groups excluding carboxylic acids is 1. The second-order valence-corrected chi connectivity index (χ2v) is 3.03. The first-order valence-corrected chi connectivity index (χ1v) is 4.69. The van der Waals surface area contributed by atoms with Crippen molar-refractivity contribution < 1.29 is 14.3 Å². The molecule has 16 heavy (non-hydrogen) atoms. The molecule has 86 valence electrons. The highest BCUT2D eigenvalue weighted by Crippen LogP contribution is 2.22. The monoisotopic (exact) mass is 222 g/mol. The molecule has 1 amide bonds. The Morgan fingerprint density at radius 3 is 2.69 bits per heavy atom. The van der Waals surface area contributed by atoms with Crippen molar-refractivity contribution in [2.75, 3.05) is 14.2 Å². The van der Waals surface area contributed by atoms with Crippen LogP contribution < -0.4 is 14.9 Å². The molecule has 0 saturated heterocycles. The van der Waals surface area contributed by atoms with Crippen LogP contribution in [0, 0.1) is 0 Å². The number of ether oxygens (including phenoxy) is 2. The normalized spacial score (nSPS) is 10.2. The number of rotatable bonds is 4. The Morgan fingerprint density at radius 1 is 1.38 bits per heavy atom. The summed E-state index contributed by atoms with van der Waals surface area (Å²) < 4.78 is 10.2. The molecule has 0 heterocycles. The summed E-state index contributed by atoms with van der Waals surface area (Å²) in [6.45, 7) is 1.39. The van der Waals surface area contributed by atoms with Crippen molar-refractivity contribution >= 4 is 12.1 Å². The summed E-state index contributed by atoms with van der Waals surface area (Å²) in [5.41, 5.74) is 3.08. The van der Waals surface area contributed by atoms with Crippen LogP contribution in [0.25, 0.3) is 0 Å². The van der Waals surface area contributed by atoms with Gasteiger partial charge in [-0.25, -0.2) is 5.43 Å². The van der Waals surface area contributed by atoms with E-state index in [0.717, 1.165) is 5.56 Å². The summed E-state index contributed by atoms with van der Waals surface area (Å²) in [6.07, 6.45) is 1.51. The zero-order valence-corrected chi connectivity index (χ0v) is 9.48. The average Bonchev–Trinajstić information content (AvgIpc) is 2.29. The Bertz CT molecular complexity index is 402. The molecule has 1 aromatic rings. The molecule has 0 atom stereocenters. The van der Waals surface area contributed by atoms with Crippen molar-refractivity contribution in [3.8, 4) is 11.5 Å². The van der Waals surface area contributed by atoms with Crippen LogP contribution in [0.1, 0.15) is 12.5 Å². The second kappa shape index (κ2) is 5.75. The molecule has 0 aliphatic rings. The highest BCUT2D eigenvalue weighted by atomic mass is 16.5. The molecular weight excluding hydrogens is 208 g/mol. The van der Waals surface area contributed by atoms with Crippen LogP contribution in [-0.2, 0) is 4.79 Å². The van der Waals surface area contributed by atoms with Crippen LogP contribution in [0.15, 0.2) is 23.3 Å². The average molecular weight is 222 g/mol. The zero-order valence-electron chi connectivity index (χ0n) is 9.48. The Labute approximate surface area is 94.1 Å². The van der Waals surface area contributed by atoms with E-state index in [1.54, 1.807) is 32.4 Å². The predicted octanol–water partition coefficient (Wildman–Crippen LogP) is 1.17. The van der Waals surface area contributed by atoms with Crippen LogP contribution in [0.4, 0.5) is 0 Å². The number of hydrazone groups is 1. The summed E-state index contributed by atoms with van der Waals surface area (Å²) in [4.78, 5) is 10.6. The summed E-state index contributed by atoms with van der Waals surface area (Å²) >= 11 is 0. The summed E-state index contributed by atoms with van der Waals surface area (Å²) in [7, 11) is 3.14. The van der Waals surface area contributed by atoms with Gasteiger partial charge in [-0.05, 0) is 12.1 Å². The standard InChI is InChI=1S/C11H14N2O3/c1-8(14)13-12-7-9-4-5-10(15-2)6-11(9)16-3/h4-7H,1-3H3,(H,13,14)/b12-7-. The van der Waals surface area contributed by atoms with Gasteiger partial charge < -0.3 is 9.47 Å². The lowest BCUT2D eigenvalue weighted by molar-refractivity contribution is -0.118. The third-order valence-corrected chi connectivity index (χ3v) is 1.87. The van der Waals surface area contributed by atoms with Crippen molar-refractivity contribution in [2.24, 2.45) is 5.10 Å². The van der Waals surface area contributed by atoms with Gasteiger partial charge in [0.05, 0.1) is 20.4 Å².